The number of hydrogen-bond donors (Lipinski definition) is 2. The number of hydrogen-bond acceptors (Lipinski definition) is 2. The van der Waals surface area contributed by atoms with Crippen LogP contribution in [-0.4, -0.2) is 11.9 Å². The van der Waals surface area contributed by atoms with Crippen molar-refractivity contribution in [3.63, 3.8) is 0 Å². The highest BCUT2D eigenvalue weighted by molar-refractivity contribution is 9.10. The normalized spacial score (nSPS) is 24.1. The van der Waals surface area contributed by atoms with Crippen LogP contribution in [0.1, 0.15) is 50.6 Å². The van der Waals surface area contributed by atoms with Gasteiger partial charge in [-0.2, -0.15) is 0 Å². The number of nitrogens with two attached hydrogens (primary N) is 1. The molecule has 3 N–H and O–H groups in total. The van der Waals surface area contributed by atoms with Crippen molar-refractivity contribution in [2.24, 2.45) is 11.7 Å². The Kier molecular flexibility index (Phi) is 5.61. The molecule has 1 atom stereocenters. The molecule has 1 amide bonds. The summed E-state index contributed by atoms with van der Waals surface area (Å²) >= 11 is 3.44. The van der Waals surface area contributed by atoms with Crippen molar-refractivity contribution in [2.45, 2.75) is 51.1 Å². The molecular weight excluding hydrogens is 316 g/mol. The summed E-state index contributed by atoms with van der Waals surface area (Å²) in [4.78, 5) is 12.4. The summed E-state index contributed by atoms with van der Waals surface area (Å²) in [5.74, 6) is 0.325. The number of amides is 1. The van der Waals surface area contributed by atoms with Crippen molar-refractivity contribution in [1.82, 2.24) is 5.32 Å². The highest BCUT2D eigenvalue weighted by Gasteiger charge is 2.26. The topological polar surface area (TPSA) is 55.1 Å². The van der Waals surface area contributed by atoms with Gasteiger partial charge >= 0.3 is 0 Å². The minimum Gasteiger partial charge on any atom is -0.349 e. The first-order valence-electron chi connectivity index (χ1n) is 7.41. The SMILES string of the molecule is CCC(NC(=O)C1CCC(N)CC1)c1ccc(Br)cc1. The summed E-state index contributed by atoms with van der Waals surface area (Å²) in [7, 11) is 0. The second-order valence-corrected chi connectivity index (χ2v) is 6.55. The first-order valence-corrected chi connectivity index (χ1v) is 8.21. The Morgan fingerprint density at radius 2 is 1.90 bits per heavy atom. The lowest BCUT2D eigenvalue weighted by Crippen LogP contribution is -2.37. The Hall–Kier alpha value is -0.870. The van der Waals surface area contributed by atoms with E-state index in [0.717, 1.165) is 42.1 Å². The van der Waals surface area contributed by atoms with Crippen LogP contribution in [0.15, 0.2) is 28.7 Å². The summed E-state index contributed by atoms with van der Waals surface area (Å²) in [5, 5.41) is 3.19. The third-order valence-corrected chi connectivity index (χ3v) is 4.67. The van der Waals surface area contributed by atoms with Crippen LogP contribution in [0.25, 0.3) is 0 Å². The molecule has 110 valence electrons. The van der Waals surface area contributed by atoms with Crippen LogP contribution in [0.2, 0.25) is 0 Å². The molecule has 1 aliphatic carbocycles. The van der Waals surface area contributed by atoms with E-state index in [1.807, 2.05) is 12.1 Å². The molecule has 1 aliphatic rings. The van der Waals surface area contributed by atoms with E-state index in [-0.39, 0.29) is 23.9 Å². The Bertz CT molecular complexity index is 438. The number of nitrogens with one attached hydrogen (secondary N) is 1. The predicted octanol–water partition coefficient (Wildman–Crippen LogP) is 3.53. The van der Waals surface area contributed by atoms with Gasteiger partial charge in [-0.3, -0.25) is 4.79 Å². The van der Waals surface area contributed by atoms with Crippen LogP contribution in [0.3, 0.4) is 0 Å². The Balaban J connectivity index is 1.95. The zero-order valence-electron chi connectivity index (χ0n) is 11.9. The van der Waals surface area contributed by atoms with E-state index in [2.05, 4.69) is 40.3 Å². The van der Waals surface area contributed by atoms with Gasteiger partial charge in [0.25, 0.3) is 0 Å². The lowest BCUT2D eigenvalue weighted by Gasteiger charge is -2.27. The fourth-order valence-corrected chi connectivity index (χ4v) is 3.05. The maximum Gasteiger partial charge on any atom is 0.223 e. The Morgan fingerprint density at radius 1 is 1.30 bits per heavy atom. The number of halogens is 1. The van der Waals surface area contributed by atoms with Gasteiger partial charge in [-0.25, -0.2) is 0 Å². The number of carbonyl (C=O) groups excluding carboxylic acids is 1. The summed E-state index contributed by atoms with van der Waals surface area (Å²) in [6, 6.07) is 8.55. The zero-order chi connectivity index (χ0) is 14.5. The van der Waals surface area contributed by atoms with Crippen LogP contribution in [0, 0.1) is 5.92 Å². The molecule has 1 aromatic rings. The average molecular weight is 339 g/mol. The summed E-state index contributed by atoms with van der Waals surface area (Å²) in [6.45, 7) is 2.10. The van der Waals surface area contributed by atoms with E-state index in [1.54, 1.807) is 0 Å². The number of rotatable bonds is 4. The van der Waals surface area contributed by atoms with Crippen molar-refractivity contribution >= 4 is 21.8 Å². The molecule has 0 spiro atoms. The van der Waals surface area contributed by atoms with E-state index in [0.29, 0.717) is 0 Å². The second kappa shape index (κ2) is 7.23. The molecule has 3 nitrogen and oxygen atoms in total. The smallest absolute Gasteiger partial charge is 0.223 e. The monoisotopic (exact) mass is 338 g/mol. The molecule has 0 saturated heterocycles. The summed E-state index contributed by atoms with van der Waals surface area (Å²) in [5.41, 5.74) is 7.06. The van der Waals surface area contributed by atoms with Gasteiger partial charge < -0.3 is 11.1 Å². The number of benzene rings is 1. The molecular formula is C16H23BrN2O. The maximum absolute atomic E-state index is 12.4. The third-order valence-electron chi connectivity index (χ3n) is 4.14. The van der Waals surface area contributed by atoms with E-state index < -0.39 is 0 Å². The molecule has 0 heterocycles. The Labute approximate surface area is 129 Å². The highest BCUT2D eigenvalue weighted by Crippen LogP contribution is 2.25. The lowest BCUT2D eigenvalue weighted by molar-refractivity contribution is -0.126. The molecule has 1 aromatic carbocycles. The molecule has 0 bridgehead atoms. The largest absolute Gasteiger partial charge is 0.349 e. The molecule has 1 unspecified atom stereocenters. The predicted molar refractivity (Wildman–Crippen MR) is 85.3 cm³/mol. The maximum atomic E-state index is 12.4. The van der Waals surface area contributed by atoms with E-state index >= 15 is 0 Å². The van der Waals surface area contributed by atoms with Gasteiger partial charge in [0.2, 0.25) is 5.91 Å². The summed E-state index contributed by atoms with van der Waals surface area (Å²) < 4.78 is 1.06. The standard InChI is InChI=1S/C16H23BrN2O/c1-2-15(11-3-7-13(17)8-4-11)19-16(20)12-5-9-14(18)10-6-12/h3-4,7-8,12,14-15H,2,5-6,9-10,18H2,1H3,(H,19,20). The van der Waals surface area contributed by atoms with Gasteiger partial charge in [0.15, 0.2) is 0 Å². The molecule has 0 radical (unpaired) electrons. The third kappa shape index (κ3) is 4.06. The van der Waals surface area contributed by atoms with Crippen molar-refractivity contribution in [2.75, 3.05) is 0 Å². The van der Waals surface area contributed by atoms with Crippen molar-refractivity contribution in [3.8, 4) is 0 Å². The van der Waals surface area contributed by atoms with Gasteiger partial charge in [-0.15, -0.1) is 0 Å². The minimum atomic E-state index is 0.103. The van der Waals surface area contributed by atoms with E-state index in [4.69, 9.17) is 5.73 Å². The van der Waals surface area contributed by atoms with Crippen LogP contribution in [0.4, 0.5) is 0 Å². The number of carbonyl (C=O) groups is 1. The van der Waals surface area contributed by atoms with E-state index in [9.17, 15) is 4.79 Å². The quantitative estimate of drug-likeness (QED) is 0.882. The molecule has 1 saturated carbocycles. The second-order valence-electron chi connectivity index (χ2n) is 5.63. The van der Waals surface area contributed by atoms with Crippen molar-refractivity contribution < 1.29 is 4.79 Å². The van der Waals surface area contributed by atoms with Crippen LogP contribution in [-0.2, 0) is 4.79 Å². The summed E-state index contributed by atoms with van der Waals surface area (Å²) in [6.07, 6.45) is 4.67. The van der Waals surface area contributed by atoms with Gasteiger partial charge in [0.1, 0.15) is 0 Å². The lowest BCUT2D eigenvalue weighted by atomic mass is 9.85. The highest BCUT2D eigenvalue weighted by atomic mass is 79.9. The fraction of sp³-hybridized carbons (Fsp3) is 0.562. The van der Waals surface area contributed by atoms with Gasteiger partial charge in [-0.1, -0.05) is 35.0 Å². The average Bonchev–Trinajstić information content (AvgIpc) is 2.46. The molecule has 4 heteroatoms. The van der Waals surface area contributed by atoms with Crippen LogP contribution >= 0.6 is 15.9 Å². The Morgan fingerprint density at radius 3 is 2.45 bits per heavy atom. The van der Waals surface area contributed by atoms with Gasteiger partial charge in [0, 0.05) is 16.4 Å². The van der Waals surface area contributed by atoms with E-state index in [1.165, 1.54) is 0 Å². The molecule has 0 aromatic heterocycles. The molecule has 1 fully saturated rings. The fourth-order valence-electron chi connectivity index (χ4n) is 2.79. The van der Waals surface area contributed by atoms with Crippen LogP contribution < -0.4 is 11.1 Å². The first-order chi connectivity index (χ1) is 9.60. The minimum absolute atomic E-state index is 0.103. The van der Waals surface area contributed by atoms with Crippen molar-refractivity contribution in [3.05, 3.63) is 34.3 Å². The van der Waals surface area contributed by atoms with Gasteiger partial charge in [-0.05, 0) is 49.8 Å². The van der Waals surface area contributed by atoms with Crippen LogP contribution in [0.5, 0.6) is 0 Å². The van der Waals surface area contributed by atoms with Crippen molar-refractivity contribution in [1.29, 1.82) is 0 Å². The first kappa shape index (κ1) is 15.5. The molecule has 2 rings (SSSR count). The van der Waals surface area contributed by atoms with Gasteiger partial charge in [0.05, 0.1) is 6.04 Å². The molecule has 0 aliphatic heterocycles. The molecule has 20 heavy (non-hydrogen) atoms. The zero-order valence-corrected chi connectivity index (χ0v) is 13.5.